The van der Waals surface area contributed by atoms with Crippen LogP contribution in [0, 0.1) is 23.7 Å². The minimum Gasteiger partial charge on any atom is -0.462 e. The van der Waals surface area contributed by atoms with Gasteiger partial charge >= 0.3 is 39.5 Å². The predicted molar refractivity (Wildman–Crippen MR) is 391 cm³/mol. The maximum absolute atomic E-state index is 13.1. The molecule has 17 nitrogen and oxygen atoms in total. The highest BCUT2D eigenvalue weighted by Gasteiger charge is 2.30. The third-order valence-electron chi connectivity index (χ3n) is 17.8. The Morgan fingerprint density at radius 1 is 0.260 bits per heavy atom. The molecule has 0 rings (SSSR count). The van der Waals surface area contributed by atoms with Crippen LogP contribution in [0.3, 0.4) is 0 Å². The van der Waals surface area contributed by atoms with E-state index in [9.17, 15) is 43.2 Å². The van der Waals surface area contributed by atoms with Crippen LogP contribution in [0.2, 0.25) is 0 Å². The maximum atomic E-state index is 13.1. The fourth-order valence-corrected chi connectivity index (χ4v) is 13.3. The first-order valence-electron chi connectivity index (χ1n) is 39.7. The highest BCUT2D eigenvalue weighted by Crippen LogP contribution is 2.45. The zero-order chi connectivity index (χ0) is 71.0. The van der Waals surface area contributed by atoms with Crippen molar-refractivity contribution in [2.45, 2.75) is 408 Å². The molecule has 0 radical (unpaired) electrons. The second kappa shape index (κ2) is 66.3. The Balaban J connectivity index is 5.23. The summed E-state index contributed by atoms with van der Waals surface area (Å²) in [7, 11) is -9.91. The molecule has 3 N–H and O–H groups in total. The molecule has 0 heterocycles. The first-order valence-corrected chi connectivity index (χ1v) is 42.7. The number of carbonyl (C=O) groups is 4. The summed E-state index contributed by atoms with van der Waals surface area (Å²) in [4.78, 5) is 72.8. The van der Waals surface area contributed by atoms with Crippen LogP contribution in [0.15, 0.2) is 0 Å². The van der Waals surface area contributed by atoms with Gasteiger partial charge in [-0.2, -0.15) is 0 Å². The van der Waals surface area contributed by atoms with Gasteiger partial charge in [0.15, 0.2) is 12.2 Å². The van der Waals surface area contributed by atoms with E-state index in [1.807, 2.05) is 0 Å². The van der Waals surface area contributed by atoms with Gasteiger partial charge in [0.2, 0.25) is 0 Å². The normalized spacial score (nSPS) is 14.1. The van der Waals surface area contributed by atoms with Gasteiger partial charge in [0, 0.05) is 25.7 Å². The summed E-state index contributed by atoms with van der Waals surface area (Å²) in [6, 6.07) is 0. The molecular formula is C77H150O17P2. The zero-order valence-electron chi connectivity index (χ0n) is 63.0. The molecule has 19 heteroatoms. The van der Waals surface area contributed by atoms with Crippen molar-refractivity contribution in [3.8, 4) is 0 Å². The van der Waals surface area contributed by atoms with Gasteiger partial charge in [-0.3, -0.25) is 37.3 Å². The van der Waals surface area contributed by atoms with E-state index in [-0.39, 0.29) is 25.7 Å². The summed E-state index contributed by atoms with van der Waals surface area (Å²) in [5, 5.41) is 10.6. The molecule has 0 aromatic carbocycles. The van der Waals surface area contributed by atoms with Gasteiger partial charge in [-0.15, -0.1) is 0 Å². The number of phosphoric acid groups is 2. The smallest absolute Gasteiger partial charge is 0.462 e. The third-order valence-corrected chi connectivity index (χ3v) is 19.7. The Bertz CT molecular complexity index is 1880. The number of phosphoric ester groups is 2. The van der Waals surface area contributed by atoms with E-state index in [1.54, 1.807) is 0 Å². The van der Waals surface area contributed by atoms with E-state index >= 15 is 0 Å². The lowest BCUT2D eigenvalue weighted by atomic mass is 10.0. The molecule has 5 atom stereocenters. The van der Waals surface area contributed by atoms with E-state index in [1.165, 1.54) is 186 Å². The van der Waals surface area contributed by atoms with Crippen molar-refractivity contribution in [1.82, 2.24) is 0 Å². The molecule has 0 bridgehead atoms. The quantitative estimate of drug-likeness (QED) is 0.0222. The number of hydrogen-bond acceptors (Lipinski definition) is 15. The third kappa shape index (κ3) is 70.5. The highest BCUT2D eigenvalue weighted by molar-refractivity contribution is 7.47. The molecule has 0 aromatic heterocycles. The first kappa shape index (κ1) is 94.1. The van der Waals surface area contributed by atoms with Crippen LogP contribution in [0.1, 0.15) is 389 Å². The molecule has 0 aliphatic carbocycles. The van der Waals surface area contributed by atoms with E-state index in [4.69, 9.17) is 37.0 Å². The number of rotatable bonds is 74. The minimum atomic E-state index is -4.96. The maximum Gasteiger partial charge on any atom is 0.472 e. The zero-order valence-corrected chi connectivity index (χ0v) is 64.8. The van der Waals surface area contributed by atoms with Gasteiger partial charge in [-0.1, -0.05) is 338 Å². The number of unbranched alkanes of at least 4 members (excludes halogenated alkanes) is 40. The summed E-state index contributed by atoms with van der Waals surface area (Å²) in [6.07, 6.45) is 51.5. The van der Waals surface area contributed by atoms with E-state index in [2.05, 4.69) is 55.4 Å². The van der Waals surface area contributed by atoms with Gasteiger partial charge in [0.1, 0.15) is 19.3 Å². The van der Waals surface area contributed by atoms with Crippen LogP contribution in [-0.2, 0) is 65.4 Å². The van der Waals surface area contributed by atoms with Crippen LogP contribution in [0.5, 0.6) is 0 Å². The van der Waals surface area contributed by atoms with Gasteiger partial charge in [0.05, 0.1) is 26.4 Å². The van der Waals surface area contributed by atoms with Gasteiger partial charge in [-0.25, -0.2) is 9.13 Å². The minimum absolute atomic E-state index is 0.106. The largest absolute Gasteiger partial charge is 0.472 e. The summed E-state index contributed by atoms with van der Waals surface area (Å²) in [6.45, 7) is 14.2. The summed E-state index contributed by atoms with van der Waals surface area (Å²) >= 11 is 0. The van der Waals surface area contributed by atoms with Crippen LogP contribution in [0.25, 0.3) is 0 Å². The number of hydrogen-bond donors (Lipinski definition) is 3. The lowest BCUT2D eigenvalue weighted by Crippen LogP contribution is -2.30. The van der Waals surface area contributed by atoms with Crippen molar-refractivity contribution in [2.24, 2.45) is 23.7 Å². The monoisotopic (exact) mass is 1410 g/mol. The molecule has 0 fully saturated rings. The number of esters is 4. The molecule has 0 spiro atoms. The van der Waals surface area contributed by atoms with Crippen LogP contribution in [0.4, 0.5) is 0 Å². The standard InChI is InChI=1S/C77H150O17P2/c1-67(2)53-45-37-29-23-17-12-10-9-11-13-20-27-33-43-51-59-77(82)94-73(64-88-75(80)58-50-42-36-35-40-48-56-70(7)8)66-92-96(85,86)90-62-71(78)61-89-95(83,84)91-65-72(63-87-74(79)57-49-41-32-26-22-16-19-25-31-39-47-55-69(5)6)93-76(81)60-52-44-34-28-21-15-14-18-24-30-38-46-54-68(3)4/h67-73,78H,9-66H2,1-8H3,(H,83,84)(H,85,86)/t71?,72-,73-/m1/s1. The van der Waals surface area contributed by atoms with Crippen molar-refractivity contribution in [2.75, 3.05) is 39.6 Å². The summed E-state index contributed by atoms with van der Waals surface area (Å²) < 4.78 is 68.5. The van der Waals surface area contributed by atoms with Gasteiger partial charge in [0.25, 0.3) is 0 Å². The fraction of sp³-hybridized carbons (Fsp3) is 0.948. The van der Waals surface area contributed by atoms with Crippen LogP contribution in [-0.4, -0.2) is 96.7 Å². The second-order valence-corrected chi connectivity index (χ2v) is 32.6. The number of carbonyl (C=O) groups excluding carboxylic acids is 4. The second-order valence-electron chi connectivity index (χ2n) is 29.7. The number of ether oxygens (including phenoxy) is 4. The lowest BCUT2D eigenvalue weighted by molar-refractivity contribution is -0.161. The SMILES string of the molecule is CC(C)CCCCCCCCCCCCCCCCCC(=O)O[C@H](COC(=O)CCCCCCCCC(C)C)COP(=O)(O)OCC(O)COP(=O)(O)OC[C@@H](COC(=O)CCCCCCCCCCCCCC(C)C)OC(=O)CCCCCCCCCCCCCCC(C)C. The Hall–Kier alpha value is -1.94. The molecular weight excluding hydrogens is 1260 g/mol. The molecule has 0 saturated carbocycles. The van der Waals surface area contributed by atoms with Crippen molar-refractivity contribution < 1.29 is 80.2 Å². The summed E-state index contributed by atoms with van der Waals surface area (Å²) in [5.74, 6) is 0.909. The van der Waals surface area contributed by atoms with Crippen LogP contribution < -0.4 is 0 Å². The average molecular weight is 1410 g/mol. The molecule has 0 aromatic rings. The molecule has 0 aliphatic heterocycles. The molecule has 570 valence electrons. The molecule has 0 saturated heterocycles. The van der Waals surface area contributed by atoms with Crippen LogP contribution >= 0.6 is 15.6 Å². The average Bonchev–Trinajstić information content (AvgIpc) is 1.10. The van der Waals surface area contributed by atoms with E-state index < -0.39 is 97.5 Å². The highest BCUT2D eigenvalue weighted by atomic mass is 31.2. The fourth-order valence-electron chi connectivity index (χ4n) is 11.7. The molecule has 0 aliphatic rings. The molecule has 96 heavy (non-hydrogen) atoms. The van der Waals surface area contributed by atoms with Gasteiger partial charge in [-0.05, 0) is 49.4 Å². The number of aliphatic hydroxyl groups is 1. The predicted octanol–water partition coefficient (Wildman–Crippen LogP) is 22.4. The molecule has 3 unspecified atom stereocenters. The van der Waals surface area contributed by atoms with Crippen molar-refractivity contribution in [3.63, 3.8) is 0 Å². The van der Waals surface area contributed by atoms with E-state index in [0.29, 0.717) is 31.6 Å². The Labute approximate surface area is 588 Å². The lowest BCUT2D eigenvalue weighted by Gasteiger charge is -2.21. The first-order chi connectivity index (χ1) is 46.1. The van der Waals surface area contributed by atoms with Crippen molar-refractivity contribution >= 4 is 39.5 Å². The Kier molecular flexibility index (Phi) is 65.0. The number of aliphatic hydroxyl groups excluding tert-OH is 1. The van der Waals surface area contributed by atoms with Crippen molar-refractivity contribution in [3.05, 3.63) is 0 Å². The Morgan fingerprint density at radius 2 is 0.438 bits per heavy atom. The van der Waals surface area contributed by atoms with Gasteiger partial charge < -0.3 is 33.8 Å². The van der Waals surface area contributed by atoms with E-state index in [0.717, 1.165) is 114 Å². The molecule has 0 amide bonds. The summed E-state index contributed by atoms with van der Waals surface area (Å²) in [5.41, 5.74) is 0. The Morgan fingerprint density at radius 3 is 0.646 bits per heavy atom. The van der Waals surface area contributed by atoms with Crippen molar-refractivity contribution in [1.29, 1.82) is 0 Å². The topological polar surface area (TPSA) is 237 Å².